The van der Waals surface area contributed by atoms with E-state index < -0.39 is 11.8 Å². The number of unbranched alkanes of at least 4 members (excludes halogenated alkanes) is 10. The monoisotopic (exact) mass is 448 g/mol. The summed E-state index contributed by atoms with van der Waals surface area (Å²) in [5, 5.41) is 8.70. The van der Waals surface area contributed by atoms with E-state index in [9.17, 15) is 9.59 Å². The predicted octanol–water partition coefficient (Wildman–Crippen LogP) is 7.42. The van der Waals surface area contributed by atoms with Crippen LogP contribution in [0.4, 0.5) is 0 Å². The molecule has 1 atom stereocenters. The molecule has 0 aliphatic rings. The molecular formula is C27H44O5. The Morgan fingerprint density at radius 1 is 0.812 bits per heavy atom. The zero-order valence-corrected chi connectivity index (χ0v) is 20.3. The Balaban J connectivity index is 2.54. The second-order valence-electron chi connectivity index (χ2n) is 8.81. The van der Waals surface area contributed by atoms with Crippen LogP contribution >= 0.6 is 0 Å². The van der Waals surface area contributed by atoms with Crippen LogP contribution in [0.5, 0.6) is 0 Å². The van der Waals surface area contributed by atoms with Crippen LogP contribution < -0.4 is 0 Å². The second kappa shape index (κ2) is 17.6. The largest absolute Gasteiger partial charge is 0.481 e. The molecule has 0 aliphatic heterocycles. The number of carboxylic acid groups (broad SMARTS) is 1. The summed E-state index contributed by atoms with van der Waals surface area (Å²) < 4.78 is 12.1. The summed E-state index contributed by atoms with van der Waals surface area (Å²) >= 11 is 0. The summed E-state index contributed by atoms with van der Waals surface area (Å²) in [4.78, 5) is 22.5. The van der Waals surface area contributed by atoms with Gasteiger partial charge in [0.1, 0.15) is 0 Å². The standard InChI is InChI=1S/C27H44O5/c1-3-4-5-10-16-21-27(32-24(2)28,31-23-25-18-13-12-14-19-25)22-17-11-8-6-7-9-15-20-26(29)30/h12-14,18-19H,3-11,15-17,20-23H2,1-2H3,(H,29,30). The highest BCUT2D eigenvalue weighted by atomic mass is 16.7. The number of carbonyl (C=O) groups excluding carboxylic acids is 1. The average molecular weight is 449 g/mol. The van der Waals surface area contributed by atoms with E-state index in [0.29, 0.717) is 13.0 Å². The van der Waals surface area contributed by atoms with Crippen LogP contribution in [0, 0.1) is 0 Å². The van der Waals surface area contributed by atoms with E-state index in [1.54, 1.807) is 0 Å². The molecule has 1 unspecified atom stereocenters. The summed E-state index contributed by atoms with van der Waals surface area (Å²) in [5.74, 6) is -1.85. The molecule has 1 rings (SSSR count). The van der Waals surface area contributed by atoms with Gasteiger partial charge in [0, 0.05) is 26.2 Å². The normalized spacial score (nSPS) is 12.9. The second-order valence-corrected chi connectivity index (χ2v) is 8.81. The van der Waals surface area contributed by atoms with Crippen LogP contribution in [0.2, 0.25) is 0 Å². The van der Waals surface area contributed by atoms with Crippen molar-refractivity contribution >= 4 is 11.9 Å². The fourth-order valence-electron chi connectivity index (χ4n) is 4.00. The highest BCUT2D eigenvalue weighted by Gasteiger charge is 2.33. The van der Waals surface area contributed by atoms with Gasteiger partial charge in [0.05, 0.1) is 6.61 Å². The third kappa shape index (κ3) is 14.2. The smallest absolute Gasteiger partial charge is 0.305 e. The minimum Gasteiger partial charge on any atom is -0.481 e. The van der Waals surface area contributed by atoms with Gasteiger partial charge in [-0.05, 0) is 24.8 Å². The van der Waals surface area contributed by atoms with Crippen LogP contribution in [0.25, 0.3) is 0 Å². The van der Waals surface area contributed by atoms with Gasteiger partial charge >= 0.3 is 11.9 Å². The number of hydrogen-bond donors (Lipinski definition) is 1. The fourth-order valence-corrected chi connectivity index (χ4v) is 4.00. The van der Waals surface area contributed by atoms with Gasteiger partial charge in [-0.1, -0.05) is 95.0 Å². The van der Waals surface area contributed by atoms with E-state index >= 15 is 0 Å². The molecular weight excluding hydrogens is 404 g/mol. The minimum atomic E-state index is -0.852. The molecule has 32 heavy (non-hydrogen) atoms. The maximum Gasteiger partial charge on any atom is 0.305 e. The third-order valence-electron chi connectivity index (χ3n) is 5.78. The number of ether oxygens (including phenoxy) is 2. The predicted molar refractivity (Wildman–Crippen MR) is 128 cm³/mol. The van der Waals surface area contributed by atoms with Crippen molar-refractivity contribution in [1.29, 1.82) is 0 Å². The van der Waals surface area contributed by atoms with Crippen molar-refractivity contribution in [3.63, 3.8) is 0 Å². The molecule has 0 fully saturated rings. The Kier molecular flexibility index (Phi) is 15.5. The maximum absolute atomic E-state index is 11.9. The topological polar surface area (TPSA) is 72.8 Å². The van der Waals surface area contributed by atoms with Gasteiger partial charge in [-0.25, -0.2) is 0 Å². The zero-order chi connectivity index (χ0) is 23.5. The lowest BCUT2D eigenvalue weighted by atomic mass is 9.98. The number of carbonyl (C=O) groups is 2. The number of esters is 1. The molecule has 0 saturated carbocycles. The Bertz CT molecular complexity index is 616. The van der Waals surface area contributed by atoms with Crippen molar-refractivity contribution in [2.75, 3.05) is 0 Å². The first-order chi connectivity index (χ1) is 15.5. The Morgan fingerprint density at radius 2 is 1.34 bits per heavy atom. The third-order valence-corrected chi connectivity index (χ3v) is 5.78. The van der Waals surface area contributed by atoms with Crippen molar-refractivity contribution in [2.24, 2.45) is 0 Å². The van der Waals surface area contributed by atoms with Crippen molar-refractivity contribution in [1.82, 2.24) is 0 Å². The van der Waals surface area contributed by atoms with Gasteiger partial charge in [0.2, 0.25) is 5.79 Å². The van der Waals surface area contributed by atoms with Crippen LogP contribution in [0.15, 0.2) is 30.3 Å². The lowest BCUT2D eigenvalue weighted by molar-refractivity contribution is -0.243. The summed E-state index contributed by atoms with van der Waals surface area (Å²) in [6.07, 6.45) is 14.5. The quantitative estimate of drug-likeness (QED) is 0.128. The minimum absolute atomic E-state index is 0.266. The molecule has 0 radical (unpaired) electrons. The molecule has 0 aromatic heterocycles. The van der Waals surface area contributed by atoms with Gasteiger partial charge < -0.3 is 14.6 Å². The lowest BCUT2D eigenvalue weighted by Gasteiger charge is -2.33. The average Bonchev–Trinajstić information content (AvgIpc) is 2.76. The number of benzene rings is 1. The molecule has 0 bridgehead atoms. The fraction of sp³-hybridized carbons (Fsp3) is 0.704. The molecule has 0 amide bonds. The SMILES string of the molecule is CCCCCCCC(CCCCCCCCCC(=O)O)(OCc1ccccc1)OC(C)=O. The van der Waals surface area contributed by atoms with E-state index in [1.165, 1.54) is 26.2 Å². The lowest BCUT2D eigenvalue weighted by Crippen LogP contribution is -2.37. The Hall–Kier alpha value is -1.88. The van der Waals surface area contributed by atoms with Crippen molar-refractivity contribution in [3.8, 4) is 0 Å². The highest BCUT2D eigenvalue weighted by molar-refractivity contribution is 5.66. The summed E-state index contributed by atoms with van der Waals surface area (Å²) in [6, 6.07) is 10.0. The van der Waals surface area contributed by atoms with Crippen molar-refractivity contribution < 1.29 is 24.2 Å². The molecule has 1 aromatic carbocycles. The summed E-state index contributed by atoms with van der Waals surface area (Å²) in [5.41, 5.74) is 1.08. The number of rotatable bonds is 20. The van der Waals surface area contributed by atoms with Gasteiger partial charge in [0.15, 0.2) is 0 Å². The number of hydrogen-bond acceptors (Lipinski definition) is 4. The van der Waals surface area contributed by atoms with Crippen LogP contribution in [-0.4, -0.2) is 22.8 Å². The molecule has 0 heterocycles. The number of carboxylic acids is 1. The highest BCUT2D eigenvalue weighted by Crippen LogP contribution is 2.30. The molecule has 182 valence electrons. The van der Waals surface area contributed by atoms with Crippen LogP contribution in [0.1, 0.15) is 116 Å². The van der Waals surface area contributed by atoms with Crippen LogP contribution in [-0.2, 0) is 25.7 Å². The number of aliphatic carboxylic acids is 1. The Labute approximate surface area is 194 Å². The van der Waals surface area contributed by atoms with Crippen LogP contribution in [0.3, 0.4) is 0 Å². The molecule has 0 spiro atoms. The van der Waals surface area contributed by atoms with E-state index in [-0.39, 0.29) is 12.4 Å². The van der Waals surface area contributed by atoms with Gasteiger partial charge in [-0.15, -0.1) is 0 Å². The van der Waals surface area contributed by atoms with Crippen molar-refractivity contribution in [3.05, 3.63) is 35.9 Å². The van der Waals surface area contributed by atoms with Gasteiger partial charge in [-0.3, -0.25) is 9.59 Å². The molecule has 0 aliphatic carbocycles. The first-order valence-electron chi connectivity index (χ1n) is 12.6. The van der Waals surface area contributed by atoms with E-state index in [0.717, 1.165) is 69.8 Å². The van der Waals surface area contributed by atoms with Crippen molar-refractivity contribution in [2.45, 2.75) is 123 Å². The van der Waals surface area contributed by atoms with Gasteiger partial charge in [-0.2, -0.15) is 0 Å². The molecule has 1 N–H and O–H groups in total. The van der Waals surface area contributed by atoms with E-state index in [2.05, 4.69) is 6.92 Å². The first-order valence-corrected chi connectivity index (χ1v) is 12.6. The molecule has 1 aromatic rings. The Morgan fingerprint density at radius 3 is 1.88 bits per heavy atom. The summed E-state index contributed by atoms with van der Waals surface area (Å²) in [6.45, 7) is 4.11. The van der Waals surface area contributed by atoms with E-state index in [1.807, 2.05) is 30.3 Å². The first kappa shape index (κ1) is 28.2. The summed E-state index contributed by atoms with van der Waals surface area (Å²) in [7, 11) is 0. The van der Waals surface area contributed by atoms with E-state index in [4.69, 9.17) is 14.6 Å². The molecule has 0 saturated heterocycles. The maximum atomic E-state index is 11.9. The molecule has 5 nitrogen and oxygen atoms in total. The molecule has 5 heteroatoms. The van der Waals surface area contributed by atoms with Gasteiger partial charge in [0.25, 0.3) is 0 Å². The zero-order valence-electron chi connectivity index (χ0n) is 20.3.